The van der Waals surface area contributed by atoms with Crippen LogP contribution in [0.15, 0.2) is 48.7 Å². The summed E-state index contributed by atoms with van der Waals surface area (Å²) in [5.74, 6) is -0.556. The maximum absolute atomic E-state index is 11.5. The van der Waals surface area contributed by atoms with Gasteiger partial charge in [0.25, 0.3) is 0 Å². The second kappa shape index (κ2) is 6.24. The van der Waals surface area contributed by atoms with Crippen LogP contribution in [0.5, 0.6) is 0 Å². The first kappa shape index (κ1) is 17.0. The number of hydrogen-bond acceptors (Lipinski definition) is 1. The fourth-order valence-electron chi connectivity index (χ4n) is 3.36. The summed E-state index contributed by atoms with van der Waals surface area (Å²) in [5.41, 5.74) is 3.17. The van der Waals surface area contributed by atoms with Crippen LogP contribution < -0.4 is 0 Å². The molecule has 0 aliphatic carbocycles. The Morgan fingerprint density at radius 2 is 1.83 bits per heavy atom. The third-order valence-corrected chi connectivity index (χ3v) is 5.82. The number of carbonyl (C=O) groups is 1. The number of carboxylic acid groups (broad SMARTS) is 1. The van der Waals surface area contributed by atoms with Crippen molar-refractivity contribution < 1.29 is 9.90 Å². The van der Waals surface area contributed by atoms with Gasteiger partial charge in [0.05, 0.1) is 11.1 Å². The van der Waals surface area contributed by atoms with E-state index in [0.29, 0.717) is 17.0 Å². The Balaban J connectivity index is 2.27. The fraction of sp³-hybridized carbons (Fsp3) is 0.250. The molecule has 0 saturated heterocycles. The van der Waals surface area contributed by atoms with Gasteiger partial charge in [-0.15, -0.1) is 0 Å². The Hall–Kier alpha value is -1.82. The van der Waals surface area contributed by atoms with E-state index in [9.17, 15) is 9.90 Å². The van der Waals surface area contributed by atoms with Gasteiger partial charge in [0.15, 0.2) is 0 Å². The molecule has 0 amide bonds. The molecule has 2 aromatic carbocycles. The molecule has 0 saturated carbocycles. The third kappa shape index (κ3) is 2.62. The van der Waals surface area contributed by atoms with Crippen molar-refractivity contribution in [3.05, 3.63) is 68.9 Å². The zero-order valence-corrected chi connectivity index (χ0v) is 16.1. The van der Waals surface area contributed by atoms with Crippen molar-refractivity contribution >= 4 is 39.5 Å². The molecule has 4 heteroatoms. The summed E-state index contributed by atoms with van der Waals surface area (Å²) in [6, 6.07) is 14.0. The van der Waals surface area contributed by atoms with E-state index in [4.69, 9.17) is 0 Å². The van der Waals surface area contributed by atoms with Gasteiger partial charge in [-0.2, -0.15) is 0 Å². The molecule has 2 N–H and O–H groups in total. The summed E-state index contributed by atoms with van der Waals surface area (Å²) in [4.78, 5) is 14.7. The standard InChI is InChI=1S/C20H20INO2/c1-12(2)20(3,13-7-9-14(21)10-8-13)17-11-22-18-15(17)5-4-6-16(18)19(23)24/h4-12,22H,1-3H3,(H,23,24). The van der Waals surface area contributed by atoms with Crippen molar-refractivity contribution in [2.24, 2.45) is 5.92 Å². The highest BCUT2D eigenvalue weighted by Crippen LogP contribution is 2.42. The van der Waals surface area contributed by atoms with Gasteiger partial charge in [0, 0.05) is 20.6 Å². The molecular formula is C20H20INO2. The van der Waals surface area contributed by atoms with Crippen LogP contribution in [0.1, 0.15) is 42.3 Å². The lowest BCUT2D eigenvalue weighted by atomic mass is 9.68. The highest BCUT2D eigenvalue weighted by Gasteiger charge is 2.35. The van der Waals surface area contributed by atoms with Crippen LogP contribution in [0.4, 0.5) is 0 Å². The number of aromatic nitrogens is 1. The summed E-state index contributed by atoms with van der Waals surface area (Å²) >= 11 is 2.31. The number of rotatable bonds is 4. The predicted octanol–water partition coefficient (Wildman–Crippen LogP) is 5.43. The number of para-hydroxylation sites is 1. The Labute approximate surface area is 155 Å². The Morgan fingerprint density at radius 3 is 2.42 bits per heavy atom. The first-order valence-corrected chi connectivity index (χ1v) is 9.03. The van der Waals surface area contributed by atoms with Crippen molar-refractivity contribution in [2.45, 2.75) is 26.2 Å². The minimum absolute atomic E-state index is 0.209. The van der Waals surface area contributed by atoms with Gasteiger partial charge >= 0.3 is 5.97 Å². The van der Waals surface area contributed by atoms with Crippen LogP contribution in [0, 0.1) is 9.49 Å². The topological polar surface area (TPSA) is 53.1 Å². The minimum Gasteiger partial charge on any atom is -0.478 e. The Bertz CT molecular complexity index is 896. The lowest BCUT2D eigenvalue weighted by Crippen LogP contribution is -2.29. The smallest absolute Gasteiger partial charge is 0.337 e. The van der Waals surface area contributed by atoms with Crippen molar-refractivity contribution in [3.8, 4) is 0 Å². The molecule has 24 heavy (non-hydrogen) atoms. The van der Waals surface area contributed by atoms with Crippen molar-refractivity contribution in [1.29, 1.82) is 0 Å². The first-order valence-electron chi connectivity index (χ1n) is 7.95. The quantitative estimate of drug-likeness (QED) is 0.539. The molecule has 0 bridgehead atoms. The zero-order chi connectivity index (χ0) is 17.5. The maximum atomic E-state index is 11.5. The van der Waals surface area contributed by atoms with Gasteiger partial charge in [-0.3, -0.25) is 0 Å². The van der Waals surface area contributed by atoms with Gasteiger partial charge in [0.1, 0.15) is 0 Å². The van der Waals surface area contributed by atoms with Crippen LogP contribution in [0.3, 0.4) is 0 Å². The molecule has 3 rings (SSSR count). The molecule has 0 aliphatic rings. The van der Waals surface area contributed by atoms with Gasteiger partial charge in [-0.05, 0) is 57.8 Å². The highest BCUT2D eigenvalue weighted by molar-refractivity contribution is 14.1. The molecule has 0 spiro atoms. The number of hydrogen-bond donors (Lipinski definition) is 2. The van der Waals surface area contributed by atoms with E-state index in [0.717, 1.165) is 10.9 Å². The molecule has 1 atom stereocenters. The lowest BCUT2D eigenvalue weighted by Gasteiger charge is -2.34. The summed E-state index contributed by atoms with van der Waals surface area (Å²) in [5, 5.41) is 10.4. The molecule has 0 fully saturated rings. The van der Waals surface area contributed by atoms with E-state index >= 15 is 0 Å². The largest absolute Gasteiger partial charge is 0.478 e. The number of fused-ring (bicyclic) bond motifs is 1. The molecule has 1 aromatic heterocycles. The average Bonchev–Trinajstić information content (AvgIpc) is 2.98. The maximum Gasteiger partial charge on any atom is 0.337 e. The van der Waals surface area contributed by atoms with Crippen LogP contribution in [-0.4, -0.2) is 16.1 Å². The van der Waals surface area contributed by atoms with E-state index < -0.39 is 5.97 Å². The van der Waals surface area contributed by atoms with E-state index in [1.165, 1.54) is 9.13 Å². The van der Waals surface area contributed by atoms with Crippen molar-refractivity contribution in [1.82, 2.24) is 4.98 Å². The van der Waals surface area contributed by atoms with E-state index in [1.807, 2.05) is 18.3 Å². The number of H-pyrrole nitrogens is 1. The molecule has 1 unspecified atom stereocenters. The molecule has 0 aliphatic heterocycles. The first-order chi connectivity index (χ1) is 11.4. The molecule has 1 heterocycles. The van der Waals surface area contributed by atoms with Crippen LogP contribution >= 0.6 is 22.6 Å². The second-order valence-corrected chi connectivity index (χ2v) is 7.85. The monoisotopic (exact) mass is 433 g/mol. The predicted molar refractivity (Wildman–Crippen MR) is 106 cm³/mol. The molecule has 124 valence electrons. The minimum atomic E-state index is -0.908. The normalized spacial score (nSPS) is 14.0. The van der Waals surface area contributed by atoms with Crippen LogP contribution in [-0.2, 0) is 5.41 Å². The summed E-state index contributed by atoms with van der Waals surface area (Å²) in [7, 11) is 0. The van der Waals surface area contributed by atoms with E-state index in [2.05, 4.69) is 72.6 Å². The molecule has 3 nitrogen and oxygen atoms in total. The Morgan fingerprint density at radius 1 is 1.17 bits per heavy atom. The molecule has 3 aromatic rings. The van der Waals surface area contributed by atoms with Gasteiger partial charge in [-0.1, -0.05) is 45.0 Å². The summed E-state index contributed by atoms with van der Waals surface area (Å²) in [6.45, 7) is 6.64. The zero-order valence-electron chi connectivity index (χ0n) is 13.9. The number of aromatic carboxylic acids is 1. The Kier molecular flexibility index (Phi) is 4.42. The molecule has 0 radical (unpaired) electrons. The van der Waals surface area contributed by atoms with Crippen LogP contribution in [0.2, 0.25) is 0 Å². The van der Waals surface area contributed by atoms with Crippen LogP contribution in [0.25, 0.3) is 10.9 Å². The average molecular weight is 433 g/mol. The number of carboxylic acids is 1. The summed E-state index contributed by atoms with van der Waals surface area (Å²) in [6.07, 6.45) is 1.97. The number of benzene rings is 2. The van der Waals surface area contributed by atoms with E-state index in [-0.39, 0.29) is 5.41 Å². The highest BCUT2D eigenvalue weighted by atomic mass is 127. The number of aromatic amines is 1. The fourth-order valence-corrected chi connectivity index (χ4v) is 3.72. The van der Waals surface area contributed by atoms with Gasteiger partial charge < -0.3 is 10.1 Å². The van der Waals surface area contributed by atoms with E-state index in [1.54, 1.807) is 6.07 Å². The second-order valence-electron chi connectivity index (χ2n) is 6.60. The molecular weight excluding hydrogens is 413 g/mol. The SMILES string of the molecule is CC(C)C(C)(c1ccc(I)cc1)c1c[nH]c2c(C(=O)O)cccc12. The number of nitrogens with one attached hydrogen (secondary N) is 1. The lowest BCUT2D eigenvalue weighted by molar-refractivity contribution is 0.0699. The third-order valence-electron chi connectivity index (χ3n) is 5.10. The van der Waals surface area contributed by atoms with Crippen molar-refractivity contribution in [2.75, 3.05) is 0 Å². The summed E-state index contributed by atoms with van der Waals surface area (Å²) < 4.78 is 1.20. The van der Waals surface area contributed by atoms with Gasteiger partial charge in [-0.25, -0.2) is 4.79 Å². The number of halogens is 1. The van der Waals surface area contributed by atoms with Gasteiger partial charge in [0.2, 0.25) is 0 Å². The van der Waals surface area contributed by atoms with Crippen molar-refractivity contribution in [3.63, 3.8) is 0 Å².